The Morgan fingerprint density at radius 1 is 0.952 bits per heavy atom. The van der Waals surface area contributed by atoms with Gasteiger partial charge in [-0.1, -0.05) is 30.3 Å². The van der Waals surface area contributed by atoms with Gasteiger partial charge in [0.2, 0.25) is 5.78 Å². The maximum Gasteiger partial charge on any atom is 0.201 e. The number of fused-ring (bicyclic) bond motifs is 1. The van der Waals surface area contributed by atoms with E-state index < -0.39 is 0 Å². The molecule has 104 valence electrons. The summed E-state index contributed by atoms with van der Waals surface area (Å²) in [7, 11) is 0. The number of carbonyl (C=O) groups excluding carboxylic acids is 2. The van der Waals surface area contributed by atoms with E-state index in [1.165, 1.54) is 12.1 Å². The van der Waals surface area contributed by atoms with Crippen LogP contribution in [0.3, 0.4) is 0 Å². The van der Waals surface area contributed by atoms with E-state index in [9.17, 15) is 14.7 Å². The standard InChI is InChI=1S/C17H11BrO3/c1-9-3-2-4-12-13(9)17(21)15(18)14(16(12)20)10-5-7-11(19)8-6-10/h2-8,19H,1H3. The number of allylic oxidation sites excluding steroid dienone is 2. The molecule has 0 aliphatic heterocycles. The first-order valence-corrected chi connectivity index (χ1v) is 7.18. The smallest absolute Gasteiger partial charge is 0.201 e. The molecule has 0 saturated carbocycles. The van der Waals surface area contributed by atoms with Gasteiger partial charge in [-0.05, 0) is 46.1 Å². The molecule has 4 heteroatoms. The molecule has 2 aromatic carbocycles. The molecule has 1 aliphatic rings. The highest BCUT2D eigenvalue weighted by Crippen LogP contribution is 2.36. The Hall–Kier alpha value is -2.20. The molecule has 0 spiro atoms. The maximum absolute atomic E-state index is 12.7. The lowest BCUT2D eigenvalue weighted by molar-refractivity contribution is 0.0998. The summed E-state index contributed by atoms with van der Waals surface area (Å²) in [6, 6.07) is 11.5. The zero-order valence-electron chi connectivity index (χ0n) is 11.2. The number of Topliss-reactive ketones (excluding diaryl/α,β-unsaturated/α-hetero) is 2. The number of carbonyl (C=O) groups is 2. The molecule has 0 aromatic heterocycles. The molecule has 1 N–H and O–H groups in total. The molecule has 0 fully saturated rings. The summed E-state index contributed by atoms with van der Waals surface area (Å²) in [6.45, 7) is 1.82. The van der Waals surface area contributed by atoms with Crippen LogP contribution in [0, 0.1) is 6.92 Å². The lowest BCUT2D eigenvalue weighted by atomic mass is 9.84. The van der Waals surface area contributed by atoms with Crippen molar-refractivity contribution in [2.24, 2.45) is 0 Å². The van der Waals surface area contributed by atoms with Crippen molar-refractivity contribution >= 4 is 33.1 Å². The molecule has 0 radical (unpaired) electrons. The molecule has 21 heavy (non-hydrogen) atoms. The normalized spacial score (nSPS) is 14.4. The number of phenolic OH excluding ortho intramolecular Hbond substituents is 1. The third-order valence-electron chi connectivity index (χ3n) is 3.55. The molecule has 3 rings (SSSR count). The average Bonchev–Trinajstić information content (AvgIpc) is 2.47. The molecule has 3 nitrogen and oxygen atoms in total. The largest absolute Gasteiger partial charge is 0.508 e. The van der Waals surface area contributed by atoms with Gasteiger partial charge >= 0.3 is 0 Å². The SMILES string of the molecule is Cc1cccc2c1C(=O)C(Br)=C(c1ccc(O)cc1)C2=O. The van der Waals surface area contributed by atoms with Crippen molar-refractivity contribution in [1.82, 2.24) is 0 Å². The molecule has 0 unspecified atom stereocenters. The zero-order chi connectivity index (χ0) is 15.1. The summed E-state index contributed by atoms with van der Waals surface area (Å²) in [5.41, 5.74) is 2.60. The van der Waals surface area contributed by atoms with Gasteiger partial charge in [0, 0.05) is 16.7 Å². The Balaban J connectivity index is 2.24. The lowest BCUT2D eigenvalue weighted by Crippen LogP contribution is -2.20. The number of aromatic hydroxyl groups is 1. The van der Waals surface area contributed by atoms with E-state index in [2.05, 4.69) is 15.9 Å². The second-order valence-electron chi connectivity index (χ2n) is 4.89. The van der Waals surface area contributed by atoms with Crippen LogP contribution in [0.2, 0.25) is 0 Å². The van der Waals surface area contributed by atoms with Crippen LogP contribution in [0.25, 0.3) is 5.57 Å². The minimum Gasteiger partial charge on any atom is -0.508 e. The van der Waals surface area contributed by atoms with E-state index in [1.807, 2.05) is 13.0 Å². The van der Waals surface area contributed by atoms with Crippen LogP contribution >= 0.6 is 15.9 Å². The molecule has 0 amide bonds. The predicted molar refractivity (Wildman–Crippen MR) is 83.8 cm³/mol. The van der Waals surface area contributed by atoms with Crippen LogP contribution < -0.4 is 0 Å². The number of halogens is 1. The van der Waals surface area contributed by atoms with Gasteiger partial charge in [-0.3, -0.25) is 9.59 Å². The van der Waals surface area contributed by atoms with Gasteiger partial charge in [-0.15, -0.1) is 0 Å². The van der Waals surface area contributed by atoms with Crippen molar-refractivity contribution in [1.29, 1.82) is 0 Å². The summed E-state index contributed by atoms with van der Waals surface area (Å²) in [5.74, 6) is -0.266. The summed E-state index contributed by atoms with van der Waals surface area (Å²) in [5, 5.41) is 9.35. The Labute approximate surface area is 130 Å². The van der Waals surface area contributed by atoms with Crippen LogP contribution in [-0.2, 0) is 0 Å². The second kappa shape index (κ2) is 4.97. The van der Waals surface area contributed by atoms with Crippen molar-refractivity contribution in [3.05, 3.63) is 69.2 Å². The second-order valence-corrected chi connectivity index (χ2v) is 5.68. The minimum atomic E-state index is -0.189. The number of ketones is 2. The van der Waals surface area contributed by atoms with E-state index in [-0.39, 0.29) is 21.8 Å². The summed E-state index contributed by atoms with van der Waals surface area (Å²) >= 11 is 3.27. The highest BCUT2D eigenvalue weighted by molar-refractivity contribution is 9.12. The first-order chi connectivity index (χ1) is 10.0. The van der Waals surface area contributed by atoms with Crippen LogP contribution in [0.15, 0.2) is 46.9 Å². The Kier molecular flexibility index (Phi) is 3.26. The molecule has 0 saturated heterocycles. The van der Waals surface area contributed by atoms with E-state index in [0.717, 1.165) is 5.56 Å². The van der Waals surface area contributed by atoms with E-state index in [1.54, 1.807) is 24.3 Å². The molecule has 0 heterocycles. The number of hydrogen-bond acceptors (Lipinski definition) is 3. The number of hydrogen-bond donors (Lipinski definition) is 1. The highest BCUT2D eigenvalue weighted by atomic mass is 79.9. The lowest BCUT2D eigenvalue weighted by Gasteiger charge is -2.19. The van der Waals surface area contributed by atoms with Gasteiger partial charge < -0.3 is 5.11 Å². The molecule has 1 aliphatic carbocycles. The van der Waals surface area contributed by atoms with E-state index in [4.69, 9.17) is 0 Å². The summed E-state index contributed by atoms with van der Waals surface area (Å²) < 4.78 is 0.264. The third kappa shape index (κ3) is 2.12. The monoisotopic (exact) mass is 342 g/mol. The van der Waals surface area contributed by atoms with Crippen LogP contribution in [0.1, 0.15) is 31.8 Å². The Morgan fingerprint density at radius 3 is 2.29 bits per heavy atom. The molecule has 2 aromatic rings. The average molecular weight is 343 g/mol. The zero-order valence-corrected chi connectivity index (χ0v) is 12.8. The van der Waals surface area contributed by atoms with Crippen molar-refractivity contribution < 1.29 is 14.7 Å². The van der Waals surface area contributed by atoms with Crippen LogP contribution in [0.5, 0.6) is 5.75 Å². The van der Waals surface area contributed by atoms with Gasteiger partial charge in [-0.25, -0.2) is 0 Å². The van der Waals surface area contributed by atoms with Crippen molar-refractivity contribution in [3.63, 3.8) is 0 Å². The van der Waals surface area contributed by atoms with Crippen molar-refractivity contribution in [2.75, 3.05) is 0 Å². The topological polar surface area (TPSA) is 54.4 Å². The number of phenols is 1. The fourth-order valence-corrected chi connectivity index (χ4v) is 3.11. The van der Waals surface area contributed by atoms with Gasteiger partial charge in [0.1, 0.15) is 5.75 Å². The predicted octanol–water partition coefficient (Wildman–Crippen LogP) is 3.89. The third-order valence-corrected chi connectivity index (χ3v) is 4.30. The molecular weight excluding hydrogens is 332 g/mol. The number of aryl methyl sites for hydroxylation is 1. The fourth-order valence-electron chi connectivity index (χ4n) is 2.50. The molecule has 0 bridgehead atoms. The van der Waals surface area contributed by atoms with Gasteiger partial charge in [0.25, 0.3) is 0 Å². The van der Waals surface area contributed by atoms with Crippen molar-refractivity contribution in [3.8, 4) is 5.75 Å². The van der Waals surface area contributed by atoms with Crippen molar-refractivity contribution in [2.45, 2.75) is 6.92 Å². The number of benzene rings is 2. The minimum absolute atomic E-state index is 0.112. The maximum atomic E-state index is 12.7. The molecule has 0 atom stereocenters. The van der Waals surface area contributed by atoms with Gasteiger partial charge in [-0.2, -0.15) is 0 Å². The summed E-state index contributed by atoms with van der Waals surface area (Å²) in [6.07, 6.45) is 0. The quantitative estimate of drug-likeness (QED) is 0.855. The first-order valence-electron chi connectivity index (χ1n) is 6.39. The first kappa shape index (κ1) is 13.8. The van der Waals surface area contributed by atoms with E-state index in [0.29, 0.717) is 22.3 Å². The van der Waals surface area contributed by atoms with Crippen LogP contribution in [0.4, 0.5) is 0 Å². The van der Waals surface area contributed by atoms with Gasteiger partial charge in [0.05, 0.1) is 4.48 Å². The molecular formula is C17H11BrO3. The summed E-state index contributed by atoms with van der Waals surface area (Å²) in [4.78, 5) is 25.2. The Bertz CT molecular complexity index is 801. The highest BCUT2D eigenvalue weighted by Gasteiger charge is 2.32. The fraction of sp³-hybridized carbons (Fsp3) is 0.0588. The Morgan fingerprint density at radius 2 is 1.62 bits per heavy atom. The number of rotatable bonds is 1. The van der Waals surface area contributed by atoms with E-state index >= 15 is 0 Å². The van der Waals surface area contributed by atoms with Crippen LogP contribution in [-0.4, -0.2) is 16.7 Å². The van der Waals surface area contributed by atoms with Gasteiger partial charge in [0.15, 0.2) is 5.78 Å².